The molecule has 3 aliphatic heterocycles. The Morgan fingerprint density at radius 3 is 1.19 bits per heavy atom. The van der Waals surface area contributed by atoms with E-state index >= 15 is 0 Å². The number of rotatable bonds is 10. The second-order valence-electron chi connectivity index (χ2n) is 12.6. The highest BCUT2D eigenvalue weighted by atomic mass is 16.8. The third kappa shape index (κ3) is 8.28. The van der Waals surface area contributed by atoms with Crippen LogP contribution in [0, 0.1) is 29.6 Å². The average Bonchev–Trinajstić information content (AvgIpc) is 2.94. The summed E-state index contributed by atoms with van der Waals surface area (Å²) in [5.41, 5.74) is 0. The Morgan fingerprint density at radius 1 is 0.465 bits per heavy atom. The molecule has 0 aliphatic carbocycles. The van der Waals surface area contributed by atoms with Crippen LogP contribution >= 0.6 is 0 Å². The summed E-state index contributed by atoms with van der Waals surface area (Å²) in [6.07, 6.45) is -4.55. The standard InChI is InChI=1S/C32H54O11/c1-12-23-15(4)17(6)27(36-20(9)33)30(39-23)42-26-19(8)25(14-3)41-32(38-22(11)35)29(26)43-31-28(37-21(10)34)18(7)16(5)24(13-2)40-31/h15-19,23-32H,12-14H2,1-11H3. The topological polar surface area (TPSA) is 125 Å². The van der Waals surface area contributed by atoms with Gasteiger partial charge in [0.05, 0.1) is 24.4 Å². The van der Waals surface area contributed by atoms with Crippen LogP contribution in [0.15, 0.2) is 0 Å². The van der Waals surface area contributed by atoms with Gasteiger partial charge in [-0.25, -0.2) is 0 Å². The number of ether oxygens (including phenoxy) is 8. The molecule has 0 radical (unpaired) electrons. The molecular formula is C32H54O11. The first-order valence-electron chi connectivity index (χ1n) is 16.0. The molecule has 0 aromatic carbocycles. The zero-order valence-corrected chi connectivity index (χ0v) is 27.8. The summed E-state index contributed by atoms with van der Waals surface area (Å²) in [6.45, 7) is 20.3. The van der Waals surface area contributed by atoms with E-state index < -0.39 is 61.2 Å². The van der Waals surface area contributed by atoms with E-state index in [0.717, 1.165) is 12.8 Å². The van der Waals surface area contributed by atoms with Crippen molar-refractivity contribution in [1.82, 2.24) is 0 Å². The highest BCUT2D eigenvalue weighted by molar-refractivity contribution is 5.66. The second-order valence-corrected chi connectivity index (χ2v) is 12.6. The van der Waals surface area contributed by atoms with E-state index in [9.17, 15) is 14.4 Å². The van der Waals surface area contributed by atoms with E-state index in [-0.39, 0.29) is 47.9 Å². The number of esters is 3. The van der Waals surface area contributed by atoms with Crippen LogP contribution in [0.3, 0.4) is 0 Å². The maximum Gasteiger partial charge on any atom is 0.305 e. The summed E-state index contributed by atoms with van der Waals surface area (Å²) in [6, 6.07) is 0. The number of carbonyl (C=O) groups excluding carboxylic acids is 3. The van der Waals surface area contributed by atoms with Crippen LogP contribution in [-0.4, -0.2) is 79.5 Å². The van der Waals surface area contributed by atoms with Gasteiger partial charge in [-0.3, -0.25) is 14.4 Å². The van der Waals surface area contributed by atoms with Crippen LogP contribution in [0.1, 0.15) is 95.4 Å². The lowest BCUT2D eigenvalue weighted by Crippen LogP contribution is -2.62. The molecule has 0 bridgehead atoms. The van der Waals surface area contributed by atoms with Crippen molar-refractivity contribution in [3.05, 3.63) is 0 Å². The Balaban J connectivity index is 2.03. The van der Waals surface area contributed by atoms with Crippen molar-refractivity contribution in [1.29, 1.82) is 0 Å². The van der Waals surface area contributed by atoms with Gasteiger partial charge >= 0.3 is 17.9 Å². The Bertz CT molecular complexity index is 942. The first-order chi connectivity index (χ1) is 20.2. The maximum absolute atomic E-state index is 12.3. The fraction of sp³-hybridized carbons (Fsp3) is 0.906. The molecule has 3 aliphatic rings. The van der Waals surface area contributed by atoms with Gasteiger partial charge in [-0.2, -0.15) is 0 Å². The molecule has 0 aromatic rings. The van der Waals surface area contributed by atoms with Crippen molar-refractivity contribution in [3.8, 4) is 0 Å². The van der Waals surface area contributed by atoms with Crippen LogP contribution in [0.25, 0.3) is 0 Å². The maximum atomic E-state index is 12.3. The summed E-state index contributed by atoms with van der Waals surface area (Å²) in [5.74, 6) is -1.56. The Kier molecular flexibility index (Phi) is 12.8. The van der Waals surface area contributed by atoms with E-state index in [2.05, 4.69) is 13.8 Å². The smallest absolute Gasteiger partial charge is 0.305 e. The van der Waals surface area contributed by atoms with Crippen LogP contribution in [0.5, 0.6) is 0 Å². The first-order valence-corrected chi connectivity index (χ1v) is 16.0. The van der Waals surface area contributed by atoms with Gasteiger partial charge < -0.3 is 37.9 Å². The normalized spacial score (nSPS) is 43.5. The molecule has 15 unspecified atom stereocenters. The Labute approximate surface area is 256 Å². The fourth-order valence-corrected chi connectivity index (χ4v) is 6.80. The van der Waals surface area contributed by atoms with Crippen molar-refractivity contribution in [2.75, 3.05) is 0 Å². The lowest BCUT2D eigenvalue weighted by atomic mass is 9.82. The molecule has 3 fully saturated rings. The summed E-state index contributed by atoms with van der Waals surface area (Å²) < 4.78 is 49.7. The van der Waals surface area contributed by atoms with Gasteiger partial charge in [-0.15, -0.1) is 0 Å². The second kappa shape index (κ2) is 15.5. The molecule has 0 spiro atoms. The van der Waals surface area contributed by atoms with Gasteiger partial charge in [0.1, 0.15) is 6.10 Å². The van der Waals surface area contributed by atoms with Crippen LogP contribution in [-0.2, 0) is 52.3 Å². The molecule has 11 heteroatoms. The molecule has 11 nitrogen and oxygen atoms in total. The molecule has 43 heavy (non-hydrogen) atoms. The van der Waals surface area contributed by atoms with Crippen molar-refractivity contribution in [2.45, 2.75) is 157 Å². The molecule has 248 valence electrons. The van der Waals surface area contributed by atoms with Crippen molar-refractivity contribution in [3.63, 3.8) is 0 Å². The highest BCUT2D eigenvalue weighted by Crippen LogP contribution is 2.41. The lowest BCUT2D eigenvalue weighted by molar-refractivity contribution is -0.373. The summed E-state index contributed by atoms with van der Waals surface area (Å²) in [5, 5.41) is 0. The minimum Gasteiger partial charge on any atom is -0.457 e. The molecule has 0 N–H and O–H groups in total. The van der Waals surface area contributed by atoms with Gasteiger partial charge in [-0.1, -0.05) is 55.4 Å². The van der Waals surface area contributed by atoms with Gasteiger partial charge in [-0.05, 0) is 31.1 Å². The molecule has 3 rings (SSSR count). The minimum atomic E-state index is -1.13. The summed E-state index contributed by atoms with van der Waals surface area (Å²) >= 11 is 0. The lowest BCUT2D eigenvalue weighted by Gasteiger charge is -2.51. The van der Waals surface area contributed by atoms with Crippen LogP contribution in [0.2, 0.25) is 0 Å². The molecule has 0 saturated carbocycles. The van der Waals surface area contributed by atoms with E-state index in [1.807, 2.05) is 41.5 Å². The first kappa shape index (κ1) is 35.7. The molecule has 0 amide bonds. The largest absolute Gasteiger partial charge is 0.457 e. The highest BCUT2D eigenvalue weighted by Gasteiger charge is 2.54. The monoisotopic (exact) mass is 614 g/mol. The van der Waals surface area contributed by atoms with Gasteiger partial charge in [0.15, 0.2) is 24.8 Å². The quantitative estimate of drug-likeness (QED) is 0.250. The number of hydrogen-bond acceptors (Lipinski definition) is 11. The molecule has 15 atom stereocenters. The van der Waals surface area contributed by atoms with E-state index in [0.29, 0.717) is 6.42 Å². The van der Waals surface area contributed by atoms with Crippen molar-refractivity contribution in [2.24, 2.45) is 29.6 Å². The molecule has 3 heterocycles. The molecule has 0 aromatic heterocycles. The van der Waals surface area contributed by atoms with Gasteiger partial charge in [0.2, 0.25) is 6.29 Å². The van der Waals surface area contributed by atoms with E-state index in [1.54, 1.807) is 0 Å². The molecular weight excluding hydrogens is 560 g/mol. The van der Waals surface area contributed by atoms with E-state index in [1.165, 1.54) is 20.8 Å². The predicted octanol–water partition coefficient (Wildman–Crippen LogP) is 4.77. The Hall–Kier alpha value is -1.79. The summed E-state index contributed by atoms with van der Waals surface area (Å²) in [7, 11) is 0. The average molecular weight is 615 g/mol. The van der Waals surface area contributed by atoms with Crippen molar-refractivity contribution >= 4 is 17.9 Å². The van der Waals surface area contributed by atoms with Crippen LogP contribution in [0.4, 0.5) is 0 Å². The predicted molar refractivity (Wildman–Crippen MR) is 155 cm³/mol. The zero-order valence-electron chi connectivity index (χ0n) is 27.8. The van der Waals surface area contributed by atoms with Crippen molar-refractivity contribution < 1.29 is 52.3 Å². The van der Waals surface area contributed by atoms with Crippen LogP contribution < -0.4 is 0 Å². The Morgan fingerprint density at radius 2 is 0.814 bits per heavy atom. The molecule has 3 saturated heterocycles. The number of carbonyl (C=O) groups is 3. The fourth-order valence-electron chi connectivity index (χ4n) is 6.80. The summed E-state index contributed by atoms with van der Waals surface area (Å²) in [4.78, 5) is 36.6. The third-order valence-electron chi connectivity index (χ3n) is 9.70. The minimum absolute atomic E-state index is 0.0453. The van der Waals surface area contributed by atoms with Gasteiger partial charge in [0.25, 0.3) is 0 Å². The third-order valence-corrected chi connectivity index (χ3v) is 9.70. The SMILES string of the molecule is CCC1OC(OC2C(OC(C)=O)OC(CC)C(C)C2OC2OC(CC)C(C)C(C)C2OC(C)=O)C(OC(C)=O)C(C)C1C. The number of hydrogen-bond donors (Lipinski definition) is 0. The van der Waals surface area contributed by atoms with E-state index in [4.69, 9.17) is 37.9 Å². The zero-order chi connectivity index (χ0) is 32.2. The van der Waals surface area contributed by atoms with Gasteiger partial charge in [0, 0.05) is 38.5 Å².